The quantitative estimate of drug-likeness (QED) is 0.749. The van der Waals surface area contributed by atoms with Crippen molar-refractivity contribution in [2.45, 2.75) is 13.3 Å². The third kappa shape index (κ3) is 3.94. The molecule has 0 N–H and O–H groups in total. The minimum atomic E-state index is -3.55. The van der Waals surface area contributed by atoms with Crippen LogP contribution in [0, 0.1) is 0 Å². The topological polar surface area (TPSA) is 34.1 Å². The van der Waals surface area contributed by atoms with Gasteiger partial charge in [0.2, 0.25) is 0 Å². The summed E-state index contributed by atoms with van der Waals surface area (Å²) in [7, 11) is 1.48. The van der Waals surface area contributed by atoms with Crippen molar-refractivity contribution >= 4 is 25.8 Å². The van der Waals surface area contributed by atoms with Crippen molar-refractivity contribution in [1.29, 1.82) is 0 Å². The first-order valence-corrected chi connectivity index (χ1v) is 6.60. The maximum absolute atomic E-state index is 10.6. The molecule has 4 heteroatoms. The van der Waals surface area contributed by atoms with Gasteiger partial charge in [-0.2, -0.15) is 0 Å². The van der Waals surface area contributed by atoms with Gasteiger partial charge in [0, 0.05) is 16.1 Å². The largest absolute Gasteiger partial charge is 0.254 e. The van der Waals surface area contributed by atoms with Gasteiger partial charge in [-0.3, -0.25) is 0 Å². The van der Waals surface area contributed by atoms with Gasteiger partial charge < -0.3 is 0 Å². The minimum Gasteiger partial charge on any atom is -0.208 e. The highest BCUT2D eigenvalue weighted by atomic mass is 35.7. The molecule has 0 heterocycles. The molecule has 0 aliphatic carbocycles. The SMILES string of the molecule is CCc1ccc(C=CS(=O)(=O)Cl)cc1. The van der Waals surface area contributed by atoms with Crippen molar-refractivity contribution in [3.05, 3.63) is 40.8 Å². The van der Waals surface area contributed by atoms with E-state index < -0.39 is 9.05 Å². The molecule has 14 heavy (non-hydrogen) atoms. The minimum absolute atomic E-state index is 0.825. The number of aryl methyl sites for hydroxylation is 1. The normalized spacial score (nSPS) is 12.1. The van der Waals surface area contributed by atoms with Gasteiger partial charge >= 0.3 is 0 Å². The first-order chi connectivity index (χ1) is 6.51. The Morgan fingerprint density at radius 3 is 2.29 bits per heavy atom. The summed E-state index contributed by atoms with van der Waals surface area (Å²) in [6.07, 6.45) is 2.44. The molecule has 0 aliphatic heterocycles. The van der Waals surface area contributed by atoms with Gasteiger partial charge in [-0.15, -0.1) is 0 Å². The maximum atomic E-state index is 10.6. The zero-order chi connectivity index (χ0) is 10.6. The smallest absolute Gasteiger partial charge is 0.208 e. The van der Waals surface area contributed by atoms with Crippen molar-refractivity contribution in [2.75, 3.05) is 0 Å². The van der Waals surface area contributed by atoms with E-state index in [0.717, 1.165) is 17.4 Å². The van der Waals surface area contributed by atoms with Crippen LogP contribution in [0.5, 0.6) is 0 Å². The van der Waals surface area contributed by atoms with Crippen molar-refractivity contribution < 1.29 is 8.42 Å². The van der Waals surface area contributed by atoms with E-state index in [4.69, 9.17) is 10.7 Å². The summed E-state index contributed by atoms with van der Waals surface area (Å²) < 4.78 is 21.2. The highest BCUT2D eigenvalue weighted by Crippen LogP contribution is 2.09. The van der Waals surface area contributed by atoms with E-state index in [9.17, 15) is 8.42 Å². The van der Waals surface area contributed by atoms with E-state index in [-0.39, 0.29) is 0 Å². The van der Waals surface area contributed by atoms with E-state index in [1.165, 1.54) is 11.6 Å². The number of benzene rings is 1. The molecule has 0 radical (unpaired) electrons. The molecule has 0 saturated heterocycles. The Balaban J connectivity index is 2.84. The molecule has 1 aromatic rings. The molecular weight excluding hydrogens is 220 g/mol. The molecule has 76 valence electrons. The van der Waals surface area contributed by atoms with Gasteiger partial charge in [0.25, 0.3) is 9.05 Å². The highest BCUT2D eigenvalue weighted by molar-refractivity contribution is 8.16. The summed E-state index contributed by atoms with van der Waals surface area (Å²) in [6.45, 7) is 2.06. The van der Waals surface area contributed by atoms with Gasteiger partial charge in [0.1, 0.15) is 0 Å². The number of hydrogen-bond acceptors (Lipinski definition) is 2. The fraction of sp³-hybridized carbons (Fsp3) is 0.200. The molecule has 1 aromatic carbocycles. The van der Waals surface area contributed by atoms with E-state index in [0.29, 0.717) is 0 Å². The van der Waals surface area contributed by atoms with Gasteiger partial charge in [-0.1, -0.05) is 31.2 Å². The van der Waals surface area contributed by atoms with Crippen LogP contribution >= 0.6 is 10.7 Å². The third-order valence-corrected chi connectivity index (χ3v) is 2.58. The molecule has 2 nitrogen and oxygen atoms in total. The van der Waals surface area contributed by atoms with Crippen LogP contribution in [0.15, 0.2) is 29.7 Å². The Hall–Kier alpha value is -0.800. The zero-order valence-corrected chi connectivity index (χ0v) is 9.35. The second-order valence-electron chi connectivity index (χ2n) is 2.87. The second kappa shape index (κ2) is 4.62. The number of hydrogen-bond donors (Lipinski definition) is 0. The van der Waals surface area contributed by atoms with E-state index >= 15 is 0 Å². The molecule has 0 unspecified atom stereocenters. The van der Waals surface area contributed by atoms with Crippen LogP contribution in [-0.2, 0) is 15.5 Å². The summed E-state index contributed by atoms with van der Waals surface area (Å²) in [4.78, 5) is 0. The first-order valence-electron chi connectivity index (χ1n) is 4.23. The molecule has 0 fully saturated rings. The molecule has 0 aliphatic rings. The monoisotopic (exact) mass is 230 g/mol. The summed E-state index contributed by atoms with van der Waals surface area (Å²) in [6, 6.07) is 7.63. The lowest BCUT2D eigenvalue weighted by molar-refractivity contribution is 0.617. The van der Waals surface area contributed by atoms with Crippen LogP contribution in [0.2, 0.25) is 0 Å². The van der Waals surface area contributed by atoms with Crippen molar-refractivity contribution in [3.63, 3.8) is 0 Å². The molecule has 0 amide bonds. The predicted octanol–water partition coefficient (Wildman–Crippen LogP) is 2.79. The lowest BCUT2D eigenvalue weighted by atomic mass is 10.1. The van der Waals surface area contributed by atoms with Crippen LogP contribution in [0.25, 0.3) is 6.08 Å². The molecule has 0 bridgehead atoms. The zero-order valence-electron chi connectivity index (χ0n) is 7.77. The summed E-state index contributed by atoms with van der Waals surface area (Å²) in [5, 5.41) is 0.982. The first kappa shape index (κ1) is 11.3. The van der Waals surface area contributed by atoms with E-state index in [1.54, 1.807) is 0 Å². The van der Waals surface area contributed by atoms with Crippen molar-refractivity contribution in [3.8, 4) is 0 Å². The fourth-order valence-electron chi connectivity index (χ4n) is 1.02. The molecule has 0 aromatic heterocycles. The average Bonchev–Trinajstić information content (AvgIpc) is 2.14. The third-order valence-electron chi connectivity index (χ3n) is 1.81. The Bertz CT molecular complexity index is 418. The Morgan fingerprint density at radius 2 is 1.86 bits per heavy atom. The van der Waals surface area contributed by atoms with Crippen LogP contribution in [0.1, 0.15) is 18.1 Å². The number of halogens is 1. The average molecular weight is 231 g/mol. The van der Waals surface area contributed by atoms with Crippen molar-refractivity contribution in [2.24, 2.45) is 0 Å². The Kier molecular flexibility index (Phi) is 3.72. The number of rotatable bonds is 3. The summed E-state index contributed by atoms with van der Waals surface area (Å²) in [5.74, 6) is 0. The Labute approximate surface area is 88.6 Å². The maximum Gasteiger partial charge on any atom is 0.254 e. The van der Waals surface area contributed by atoms with Gasteiger partial charge in [-0.05, 0) is 23.6 Å². The van der Waals surface area contributed by atoms with Crippen LogP contribution in [-0.4, -0.2) is 8.42 Å². The van der Waals surface area contributed by atoms with Gasteiger partial charge in [0.05, 0.1) is 0 Å². The predicted molar refractivity (Wildman–Crippen MR) is 59.6 cm³/mol. The molecule has 0 atom stereocenters. The highest BCUT2D eigenvalue weighted by Gasteiger charge is 1.96. The lowest BCUT2D eigenvalue weighted by Crippen LogP contribution is -1.81. The van der Waals surface area contributed by atoms with Gasteiger partial charge in [0.15, 0.2) is 0 Å². The second-order valence-corrected chi connectivity index (χ2v) is 5.39. The molecular formula is C10H11ClO2S. The van der Waals surface area contributed by atoms with Crippen LogP contribution in [0.3, 0.4) is 0 Å². The molecule has 1 rings (SSSR count). The van der Waals surface area contributed by atoms with Crippen molar-refractivity contribution in [1.82, 2.24) is 0 Å². The molecule has 0 saturated carbocycles. The standard InChI is InChI=1S/C10H11ClO2S/c1-2-9-3-5-10(6-4-9)7-8-14(11,12)13/h3-8H,2H2,1H3. The molecule has 0 spiro atoms. The summed E-state index contributed by atoms with van der Waals surface area (Å²) in [5.41, 5.74) is 2.04. The van der Waals surface area contributed by atoms with Crippen LogP contribution in [0.4, 0.5) is 0 Å². The van der Waals surface area contributed by atoms with Crippen LogP contribution < -0.4 is 0 Å². The van der Waals surface area contributed by atoms with Gasteiger partial charge in [-0.25, -0.2) is 8.42 Å². The summed E-state index contributed by atoms with van der Waals surface area (Å²) >= 11 is 0. The fourth-order valence-corrected chi connectivity index (χ4v) is 1.50. The lowest BCUT2D eigenvalue weighted by Gasteiger charge is -1.96. The van der Waals surface area contributed by atoms with E-state index in [2.05, 4.69) is 6.92 Å². The van der Waals surface area contributed by atoms with E-state index in [1.807, 2.05) is 24.3 Å². The Morgan fingerprint density at radius 1 is 1.29 bits per heavy atom.